The van der Waals surface area contributed by atoms with Crippen molar-refractivity contribution in [1.29, 1.82) is 0 Å². The van der Waals surface area contributed by atoms with E-state index in [1.165, 1.54) is 0 Å². The topological polar surface area (TPSA) is 87.5 Å². The van der Waals surface area contributed by atoms with Crippen LogP contribution in [0, 0.1) is 0 Å². The van der Waals surface area contributed by atoms with Crippen molar-refractivity contribution in [2.75, 3.05) is 37.7 Å². The lowest BCUT2D eigenvalue weighted by molar-refractivity contribution is -0.122. The number of nitrogens with two attached hydrogens (primary N) is 1. The Morgan fingerprint density at radius 3 is 2.45 bits per heavy atom. The van der Waals surface area contributed by atoms with Crippen LogP contribution in [-0.2, 0) is 9.59 Å². The lowest BCUT2D eigenvalue weighted by Gasteiger charge is -2.15. The fourth-order valence-electron chi connectivity index (χ4n) is 1.66. The van der Waals surface area contributed by atoms with Crippen LogP contribution in [0.25, 0.3) is 0 Å². The normalized spacial score (nSPS) is 10.3. The highest BCUT2D eigenvalue weighted by Crippen LogP contribution is 2.10. The van der Waals surface area contributed by atoms with Crippen molar-refractivity contribution in [3.63, 3.8) is 0 Å². The van der Waals surface area contributed by atoms with Crippen LogP contribution in [0.1, 0.15) is 13.3 Å². The number of nitrogen functional groups attached to an aromatic ring is 1. The molecule has 1 rings (SSSR count). The summed E-state index contributed by atoms with van der Waals surface area (Å²) in [6.07, 6.45) is 0.334. The van der Waals surface area contributed by atoms with Crippen molar-refractivity contribution >= 4 is 23.2 Å². The van der Waals surface area contributed by atoms with E-state index in [1.807, 2.05) is 18.9 Å². The number of benzene rings is 1. The maximum absolute atomic E-state index is 11.7. The van der Waals surface area contributed by atoms with Crippen LogP contribution in [0.4, 0.5) is 11.4 Å². The second-order valence-electron chi connectivity index (χ2n) is 4.61. The molecule has 4 N–H and O–H groups in total. The number of hydrogen-bond acceptors (Lipinski definition) is 4. The van der Waals surface area contributed by atoms with E-state index in [0.29, 0.717) is 31.7 Å². The molecule has 0 atom stereocenters. The Balaban J connectivity index is 2.29. The molecule has 0 bridgehead atoms. The largest absolute Gasteiger partial charge is 0.399 e. The molecule has 0 aliphatic rings. The van der Waals surface area contributed by atoms with Gasteiger partial charge in [-0.15, -0.1) is 0 Å². The van der Waals surface area contributed by atoms with Gasteiger partial charge in [0.1, 0.15) is 0 Å². The van der Waals surface area contributed by atoms with Gasteiger partial charge in [0.25, 0.3) is 0 Å². The molecule has 2 amide bonds. The molecule has 110 valence electrons. The molecule has 6 nitrogen and oxygen atoms in total. The van der Waals surface area contributed by atoms with Gasteiger partial charge >= 0.3 is 0 Å². The van der Waals surface area contributed by atoms with Crippen molar-refractivity contribution in [1.82, 2.24) is 10.2 Å². The Kier molecular flexibility index (Phi) is 6.52. The number of rotatable bonds is 7. The molecule has 0 heterocycles. The predicted octanol–water partition coefficient (Wildman–Crippen LogP) is 0.665. The molecule has 0 aromatic heterocycles. The van der Waals surface area contributed by atoms with E-state index >= 15 is 0 Å². The summed E-state index contributed by atoms with van der Waals surface area (Å²) in [5, 5.41) is 5.50. The van der Waals surface area contributed by atoms with Gasteiger partial charge in [-0.1, -0.05) is 0 Å². The monoisotopic (exact) mass is 278 g/mol. The van der Waals surface area contributed by atoms with Gasteiger partial charge in [0.15, 0.2) is 0 Å². The maximum Gasteiger partial charge on any atom is 0.234 e. The summed E-state index contributed by atoms with van der Waals surface area (Å²) in [5.41, 5.74) is 6.94. The highest BCUT2D eigenvalue weighted by Gasteiger charge is 2.08. The summed E-state index contributed by atoms with van der Waals surface area (Å²) in [7, 11) is 1.81. The molecule has 1 aromatic carbocycles. The van der Waals surface area contributed by atoms with E-state index in [4.69, 9.17) is 5.73 Å². The van der Waals surface area contributed by atoms with Gasteiger partial charge in [-0.05, 0) is 38.2 Å². The van der Waals surface area contributed by atoms with Gasteiger partial charge in [0.05, 0.1) is 6.54 Å². The van der Waals surface area contributed by atoms with Crippen LogP contribution in [-0.4, -0.2) is 43.4 Å². The molecule has 6 heteroatoms. The lowest BCUT2D eigenvalue weighted by atomic mass is 10.2. The minimum Gasteiger partial charge on any atom is -0.399 e. The maximum atomic E-state index is 11.7. The molecule has 0 unspecified atom stereocenters. The molecule has 0 saturated carbocycles. The van der Waals surface area contributed by atoms with E-state index in [2.05, 4.69) is 10.6 Å². The highest BCUT2D eigenvalue weighted by molar-refractivity contribution is 5.91. The summed E-state index contributed by atoms with van der Waals surface area (Å²) >= 11 is 0. The molecule has 0 spiro atoms. The number of anilines is 2. The van der Waals surface area contributed by atoms with E-state index in [0.717, 1.165) is 5.69 Å². The molecule has 20 heavy (non-hydrogen) atoms. The molecular formula is C14H22N4O2. The lowest BCUT2D eigenvalue weighted by Crippen LogP contribution is -2.36. The minimum absolute atomic E-state index is 0.0334. The first-order valence-corrected chi connectivity index (χ1v) is 6.62. The third kappa shape index (κ3) is 6.19. The fraction of sp³-hybridized carbons (Fsp3) is 0.429. The van der Waals surface area contributed by atoms with Crippen LogP contribution in [0.5, 0.6) is 0 Å². The number of likely N-dealkylation sites (N-methyl/N-ethyl adjacent to an activating group) is 2. The summed E-state index contributed by atoms with van der Waals surface area (Å²) in [5.74, 6) is -0.119. The molecule has 0 fully saturated rings. The van der Waals surface area contributed by atoms with E-state index in [9.17, 15) is 9.59 Å². The van der Waals surface area contributed by atoms with Crippen molar-refractivity contribution in [2.24, 2.45) is 0 Å². The van der Waals surface area contributed by atoms with Gasteiger partial charge in [-0.25, -0.2) is 0 Å². The van der Waals surface area contributed by atoms with E-state index in [-0.39, 0.29) is 11.8 Å². The predicted molar refractivity (Wildman–Crippen MR) is 80.3 cm³/mol. The summed E-state index contributed by atoms with van der Waals surface area (Å²) in [6.45, 7) is 3.31. The third-order valence-electron chi connectivity index (χ3n) is 2.70. The quantitative estimate of drug-likeness (QED) is 0.640. The van der Waals surface area contributed by atoms with Crippen molar-refractivity contribution in [2.45, 2.75) is 13.3 Å². The number of carbonyl (C=O) groups excluding carboxylic acids is 2. The first-order valence-electron chi connectivity index (χ1n) is 6.62. The standard InChI is InChI=1S/C14H22N4O2/c1-3-16-14(20)10-18(2)9-8-13(19)17-12-6-4-11(15)5-7-12/h4-7H,3,8-10,15H2,1-2H3,(H,16,20)(H,17,19). The summed E-state index contributed by atoms with van der Waals surface area (Å²) in [4.78, 5) is 24.9. The van der Waals surface area contributed by atoms with Gasteiger partial charge < -0.3 is 16.4 Å². The SMILES string of the molecule is CCNC(=O)CN(C)CCC(=O)Nc1ccc(N)cc1. The molecule has 0 aliphatic carbocycles. The molecular weight excluding hydrogens is 256 g/mol. The van der Waals surface area contributed by atoms with E-state index < -0.39 is 0 Å². The Hall–Kier alpha value is -2.08. The van der Waals surface area contributed by atoms with Gasteiger partial charge in [-0.3, -0.25) is 14.5 Å². The molecule has 0 aliphatic heterocycles. The average molecular weight is 278 g/mol. The minimum atomic E-state index is -0.0856. The number of nitrogens with one attached hydrogen (secondary N) is 2. The van der Waals surface area contributed by atoms with Crippen molar-refractivity contribution in [3.05, 3.63) is 24.3 Å². The second-order valence-corrected chi connectivity index (χ2v) is 4.61. The first kappa shape index (κ1) is 16.0. The zero-order valence-corrected chi connectivity index (χ0v) is 12.0. The summed E-state index contributed by atoms with van der Waals surface area (Å²) in [6, 6.07) is 6.98. The number of amides is 2. The Bertz CT molecular complexity index is 445. The Labute approximate surface area is 119 Å². The second kappa shape index (κ2) is 8.16. The van der Waals surface area contributed by atoms with Gasteiger partial charge in [0, 0.05) is 30.9 Å². The van der Waals surface area contributed by atoms with Crippen LogP contribution in [0.15, 0.2) is 24.3 Å². The van der Waals surface area contributed by atoms with Gasteiger partial charge in [0.2, 0.25) is 11.8 Å². The number of hydrogen-bond donors (Lipinski definition) is 3. The third-order valence-corrected chi connectivity index (χ3v) is 2.70. The van der Waals surface area contributed by atoms with Crippen LogP contribution >= 0.6 is 0 Å². The van der Waals surface area contributed by atoms with Crippen molar-refractivity contribution < 1.29 is 9.59 Å². The van der Waals surface area contributed by atoms with Crippen molar-refractivity contribution in [3.8, 4) is 0 Å². The smallest absolute Gasteiger partial charge is 0.234 e. The zero-order valence-electron chi connectivity index (χ0n) is 12.0. The highest BCUT2D eigenvalue weighted by atomic mass is 16.2. The molecule has 1 aromatic rings. The first-order chi connectivity index (χ1) is 9.51. The zero-order chi connectivity index (χ0) is 15.0. The van der Waals surface area contributed by atoms with Gasteiger partial charge in [-0.2, -0.15) is 0 Å². The van der Waals surface area contributed by atoms with Crippen LogP contribution < -0.4 is 16.4 Å². The molecule has 0 radical (unpaired) electrons. The Morgan fingerprint density at radius 2 is 1.85 bits per heavy atom. The number of nitrogens with zero attached hydrogens (tertiary/aromatic N) is 1. The summed E-state index contributed by atoms with van der Waals surface area (Å²) < 4.78 is 0. The fourth-order valence-corrected chi connectivity index (χ4v) is 1.66. The average Bonchev–Trinajstić information content (AvgIpc) is 2.39. The number of carbonyl (C=O) groups is 2. The van der Waals surface area contributed by atoms with E-state index in [1.54, 1.807) is 24.3 Å². The van der Waals surface area contributed by atoms with Crippen LogP contribution in [0.2, 0.25) is 0 Å². The van der Waals surface area contributed by atoms with Crippen LogP contribution in [0.3, 0.4) is 0 Å². The molecule has 0 saturated heterocycles. The Morgan fingerprint density at radius 1 is 1.20 bits per heavy atom.